The zero-order chi connectivity index (χ0) is 19.3. The average molecular weight is 356 g/mol. The maximum absolute atomic E-state index is 9.06. The lowest BCUT2D eigenvalue weighted by Crippen LogP contribution is -2.08. The molecule has 2 unspecified atom stereocenters. The van der Waals surface area contributed by atoms with Crippen molar-refractivity contribution in [3.63, 3.8) is 0 Å². The number of hydrogen-bond donors (Lipinski definition) is 5. The van der Waals surface area contributed by atoms with Gasteiger partial charge in [0.1, 0.15) is 40.6 Å². The molecule has 1 fully saturated rings. The van der Waals surface area contributed by atoms with Crippen molar-refractivity contribution in [3.8, 4) is 12.1 Å². The van der Waals surface area contributed by atoms with E-state index in [1.54, 1.807) is 0 Å². The third kappa shape index (κ3) is 3.95. The molecule has 0 radical (unpaired) electrons. The molecule has 0 amide bonds. The normalized spacial score (nSPS) is 16.2. The summed E-state index contributed by atoms with van der Waals surface area (Å²) in [4.78, 5) is 0. The topological polar surface area (TPSA) is 177 Å². The number of nitrogens with zero attached hydrogens (tertiary/aromatic N) is 4. The first-order valence-electron chi connectivity index (χ1n) is 8.56. The minimum Gasteiger partial charge on any atom is -0.387 e. The molecule has 2 heterocycles. The number of aromatic nitrogens is 4. The lowest BCUT2D eigenvalue weighted by molar-refractivity contribution is 0.194. The maximum atomic E-state index is 9.06. The highest BCUT2D eigenvalue weighted by Gasteiger charge is 2.27. The highest BCUT2D eigenvalue weighted by molar-refractivity contribution is 5.52. The summed E-state index contributed by atoms with van der Waals surface area (Å²) in [6.45, 7) is 3.67. The van der Waals surface area contributed by atoms with Crippen LogP contribution in [0.25, 0.3) is 0 Å². The predicted octanol–water partition coefficient (Wildman–Crippen LogP) is 2.07. The van der Waals surface area contributed by atoms with E-state index in [0.717, 1.165) is 5.69 Å². The minimum atomic E-state index is -0.766. The van der Waals surface area contributed by atoms with Gasteiger partial charge in [-0.25, -0.2) is 0 Å². The molecule has 9 nitrogen and oxygen atoms in total. The van der Waals surface area contributed by atoms with Gasteiger partial charge in [-0.3, -0.25) is 10.2 Å². The number of aliphatic hydroxyl groups excluding tert-OH is 1. The Labute approximate surface area is 152 Å². The Balaban J connectivity index is 0.000000197. The van der Waals surface area contributed by atoms with Crippen molar-refractivity contribution < 1.29 is 5.11 Å². The van der Waals surface area contributed by atoms with Crippen LogP contribution in [0.1, 0.15) is 74.1 Å². The second-order valence-corrected chi connectivity index (χ2v) is 6.53. The van der Waals surface area contributed by atoms with E-state index < -0.39 is 6.10 Å². The average Bonchev–Trinajstić information content (AvgIpc) is 3.34. The number of nitrogens with one attached hydrogen (secondary N) is 2. The summed E-state index contributed by atoms with van der Waals surface area (Å²) >= 11 is 0. The standard InChI is InChI=1S/C11H16N4.C6H8N4O/c1-7(8-4-2-3-5-8)10-9(6-12)11(13)15-14-10;1-3(11)5-4(2-7)6(8)10-9-5/h7-8H,2-5H2,1H3,(H3,13,14,15);3,11H,1H3,(H3,8,9,10). The van der Waals surface area contributed by atoms with Crippen LogP contribution in [0, 0.1) is 28.6 Å². The number of aliphatic hydroxyl groups is 1. The molecule has 1 aliphatic carbocycles. The van der Waals surface area contributed by atoms with Gasteiger partial charge in [-0.15, -0.1) is 0 Å². The quantitative estimate of drug-likeness (QED) is 0.558. The van der Waals surface area contributed by atoms with Crippen molar-refractivity contribution in [1.82, 2.24) is 20.4 Å². The van der Waals surface area contributed by atoms with Gasteiger partial charge in [0.15, 0.2) is 0 Å². The fourth-order valence-electron chi connectivity index (χ4n) is 3.29. The SMILES string of the molecule is CC(O)c1n[nH]c(N)c1C#N.CC(c1n[nH]c(N)c1C#N)C1CCCC1. The summed E-state index contributed by atoms with van der Waals surface area (Å²) in [5, 5.41) is 39.5. The second kappa shape index (κ2) is 8.37. The summed E-state index contributed by atoms with van der Waals surface area (Å²) in [5.41, 5.74) is 12.9. The number of nitriles is 2. The van der Waals surface area contributed by atoms with E-state index in [1.807, 2.05) is 6.07 Å². The Morgan fingerprint density at radius 3 is 1.88 bits per heavy atom. The van der Waals surface area contributed by atoms with Crippen LogP contribution < -0.4 is 11.5 Å². The van der Waals surface area contributed by atoms with Gasteiger partial charge in [-0.1, -0.05) is 19.8 Å². The Morgan fingerprint density at radius 1 is 1.00 bits per heavy atom. The zero-order valence-corrected chi connectivity index (χ0v) is 15.0. The van der Waals surface area contributed by atoms with Crippen LogP contribution in [-0.2, 0) is 0 Å². The molecule has 2 atom stereocenters. The number of rotatable bonds is 3. The molecule has 1 aliphatic rings. The number of nitrogen functional groups attached to an aromatic ring is 2. The summed E-state index contributed by atoms with van der Waals surface area (Å²) in [5.74, 6) is 1.61. The molecule has 0 aliphatic heterocycles. The third-order valence-corrected chi connectivity index (χ3v) is 4.80. The molecule has 138 valence electrons. The minimum absolute atomic E-state index is 0.198. The van der Waals surface area contributed by atoms with Gasteiger partial charge in [0.05, 0.1) is 11.8 Å². The van der Waals surface area contributed by atoms with Gasteiger partial charge in [-0.2, -0.15) is 20.7 Å². The van der Waals surface area contributed by atoms with Gasteiger partial charge in [0, 0.05) is 5.92 Å². The van der Waals surface area contributed by atoms with Crippen molar-refractivity contribution in [2.24, 2.45) is 5.92 Å². The van der Waals surface area contributed by atoms with E-state index in [2.05, 4.69) is 33.4 Å². The van der Waals surface area contributed by atoms with Crippen LogP contribution in [-0.4, -0.2) is 25.5 Å². The number of anilines is 2. The molecule has 2 aromatic heterocycles. The lowest BCUT2D eigenvalue weighted by atomic mass is 9.88. The monoisotopic (exact) mass is 356 g/mol. The lowest BCUT2D eigenvalue weighted by Gasteiger charge is -2.16. The van der Waals surface area contributed by atoms with E-state index in [0.29, 0.717) is 28.9 Å². The van der Waals surface area contributed by atoms with E-state index >= 15 is 0 Å². The predicted molar refractivity (Wildman–Crippen MR) is 96.4 cm³/mol. The molecule has 0 spiro atoms. The van der Waals surface area contributed by atoms with Gasteiger partial charge in [-0.05, 0) is 25.7 Å². The van der Waals surface area contributed by atoms with Crippen molar-refractivity contribution >= 4 is 11.6 Å². The third-order valence-electron chi connectivity index (χ3n) is 4.80. The maximum Gasteiger partial charge on any atom is 0.137 e. The molecule has 0 saturated heterocycles. The molecule has 26 heavy (non-hydrogen) atoms. The summed E-state index contributed by atoms with van der Waals surface area (Å²) in [6.07, 6.45) is 4.34. The van der Waals surface area contributed by atoms with E-state index in [9.17, 15) is 0 Å². The number of nitrogens with two attached hydrogens (primary N) is 2. The van der Waals surface area contributed by atoms with Crippen LogP contribution in [0.5, 0.6) is 0 Å². The molecule has 3 rings (SSSR count). The zero-order valence-electron chi connectivity index (χ0n) is 15.0. The highest BCUT2D eigenvalue weighted by atomic mass is 16.3. The van der Waals surface area contributed by atoms with Crippen LogP contribution in [0.3, 0.4) is 0 Å². The number of aromatic amines is 2. The summed E-state index contributed by atoms with van der Waals surface area (Å²) in [7, 11) is 0. The van der Waals surface area contributed by atoms with Crippen LogP contribution in [0.2, 0.25) is 0 Å². The van der Waals surface area contributed by atoms with Crippen molar-refractivity contribution in [3.05, 3.63) is 22.5 Å². The van der Waals surface area contributed by atoms with E-state index in [4.69, 9.17) is 27.1 Å². The van der Waals surface area contributed by atoms with Gasteiger partial charge in [0.2, 0.25) is 0 Å². The summed E-state index contributed by atoms with van der Waals surface area (Å²) < 4.78 is 0. The molecule has 9 heteroatoms. The molecule has 2 aromatic rings. The van der Waals surface area contributed by atoms with Gasteiger partial charge in [0.25, 0.3) is 0 Å². The first kappa shape index (κ1) is 19.3. The smallest absolute Gasteiger partial charge is 0.137 e. The van der Waals surface area contributed by atoms with Crippen LogP contribution in [0.4, 0.5) is 11.6 Å². The van der Waals surface area contributed by atoms with E-state index in [-0.39, 0.29) is 11.4 Å². The van der Waals surface area contributed by atoms with Gasteiger partial charge >= 0.3 is 0 Å². The molecular weight excluding hydrogens is 332 g/mol. The second-order valence-electron chi connectivity index (χ2n) is 6.53. The Kier molecular flexibility index (Phi) is 6.21. The summed E-state index contributed by atoms with van der Waals surface area (Å²) in [6, 6.07) is 3.98. The molecule has 0 aromatic carbocycles. The van der Waals surface area contributed by atoms with Crippen LogP contribution >= 0.6 is 0 Å². The Bertz CT molecular complexity index is 817. The fraction of sp³-hybridized carbons (Fsp3) is 0.529. The molecule has 0 bridgehead atoms. The highest BCUT2D eigenvalue weighted by Crippen LogP contribution is 2.37. The largest absolute Gasteiger partial charge is 0.387 e. The van der Waals surface area contributed by atoms with Crippen molar-refractivity contribution in [1.29, 1.82) is 10.5 Å². The Morgan fingerprint density at radius 2 is 1.46 bits per heavy atom. The fourth-order valence-corrected chi connectivity index (χ4v) is 3.29. The van der Waals surface area contributed by atoms with Gasteiger partial charge < -0.3 is 16.6 Å². The van der Waals surface area contributed by atoms with Crippen LogP contribution in [0.15, 0.2) is 0 Å². The number of H-pyrrole nitrogens is 2. The number of hydrogen-bond acceptors (Lipinski definition) is 7. The van der Waals surface area contributed by atoms with Crippen molar-refractivity contribution in [2.45, 2.75) is 51.6 Å². The van der Waals surface area contributed by atoms with E-state index in [1.165, 1.54) is 32.6 Å². The Hall–Kier alpha value is -3.04. The first-order valence-corrected chi connectivity index (χ1v) is 8.56. The molecule has 7 N–H and O–H groups in total. The molecule has 1 saturated carbocycles. The molecular formula is C17H24N8O. The first-order chi connectivity index (χ1) is 12.4. The van der Waals surface area contributed by atoms with Crippen molar-refractivity contribution in [2.75, 3.05) is 11.5 Å².